The highest BCUT2D eigenvalue weighted by atomic mass is 35.5. The summed E-state index contributed by atoms with van der Waals surface area (Å²) in [6.45, 7) is 2.79. The number of ketones is 2. The number of rotatable bonds is 5. The van der Waals surface area contributed by atoms with E-state index in [0.717, 1.165) is 9.87 Å². The van der Waals surface area contributed by atoms with E-state index in [-0.39, 0.29) is 27.8 Å². The van der Waals surface area contributed by atoms with E-state index < -0.39 is 40.0 Å². The molecule has 1 heterocycles. The Labute approximate surface area is 173 Å². The van der Waals surface area contributed by atoms with E-state index in [1.54, 1.807) is 12.1 Å². The van der Waals surface area contributed by atoms with Gasteiger partial charge in [0, 0.05) is 10.6 Å². The Balaban J connectivity index is 2.12. The highest BCUT2D eigenvalue weighted by Crippen LogP contribution is 2.36. The van der Waals surface area contributed by atoms with E-state index in [9.17, 15) is 22.8 Å². The van der Waals surface area contributed by atoms with Gasteiger partial charge in [0.2, 0.25) is 0 Å². The number of carbonyl (C=O) groups excluding carboxylic acids is 3. The molecule has 7 nitrogen and oxygen atoms in total. The molecule has 3 rings (SSSR count). The van der Waals surface area contributed by atoms with Crippen molar-refractivity contribution in [3.63, 3.8) is 0 Å². The van der Waals surface area contributed by atoms with Crippen LogP contribution in [-0.4, -0.2) is 39.1 Å². The lowest BCUT2D eigenvalue weighted by molar-refractivity contribution is -0.154. The van der Waals surface area contributed by atoms with Crippen molar-refractivity contribution in [2.24, 2.45) is 5.92 Å². The van der Waals surface area contributed by atoms with Crippen LogP contribution in [0.1, 0.15) is 22.8 Å². The van der Waals surface area contributed by atoms with Gasteiger partial charge in [0.1, 0.15) is 5.92 Å². The van der Waals surface area contributed by atoms with Gasteiger partial charge in [-0.2, -0.15) is 0 Å². The third kappa shape index (κ3) is 3.90. The highest BCUT2D eigenvalue weighted by Gasteiger charge is 2.43. The Morgan fingerprint density at radius 2 is 1.83 bits per heavy atom. The lowest BCUT2D eigenvalue weighted by Gasteiger charge is -2.33. The van der Waals surface area contributed by atoms with Gasteiger partial charge >= 0.3 is 5.97 Å². The predicted octanol–water partition coefficient (Wildman–Crippen LogP) is 2.79. The molecule has 1 atom stereocenters. The summed E-state index contributed by atoms with van der Waals surface area (Å²) in [5, 5.41) is 0.232. The quantitative estimate of drug-likeness (QED) is 0.407. The number of hydrogen-bond donors (Lipinski definition) is 0. The van der Waals surface area contributed by atoms with Crippen LogP contribution in [0.4, 0.5) is 5.69 Å². The molecule has 0 aliphatic carbocycles. The first kappa shape index (κ1) is 21.0. The Morgan fingerprint density at radius 1 is 1.17 bits per heavy atom. The van der Waals surface area contributed by atoms with Gasteiger partial charge in [-0.15, -0.1) is 0 Å². The van der Waals surface area contributed by atoms with Gasteiger partial charge in [0.25, 0.3) is 15.8 Å². The van der Waals surface area contributed by atoms with E-state index in [1.165, 1.54) is 37.3 Å². The molecule has 0 amide bonds. The zero-order valence-corrected chi connectivity index (χ0v) is 17.3. The van der Waals surface area contributed by atoms with Crippen molar-refractivity contribution in [3.8, 4) is 0 Å². The van der Waals surface area contributed by atoms with E-state index in [1.807, 2.05) is 6.92 Å². The predicted molar refractivity (Wildman–Crippen MR) is 107 cm³/mol. The molecule has 0 fully saturated rings. The first-order chi connectivity index (χ1) is 13.7. The van der Waals surface area contributed by atoms with Crippen molar-refractivity contribution in [3.05, 3.63) is 58.6 Å². The molecule has 2 aromatic carbocycles. The molecule has 0 saturated heterocycles. The van der Waals surface area contributed by atoms with Gasteiger partial charge in [-0.05, 0) is 44.2 Å². The minimum absolute atomic E-state index is 0.000940. The van der Waals surface area contributed by atoms with Crippen molar-refractivity contribution >= 4 is 44.8 Å². The number of benzene rings is 2. The lowest BCUT2D eigenvalue weighted by atomic mass is 9.89. The number of fused-ring (bicyclic) bond motifs is 1. The number of nitrogens with zero attached hydrogens (tertiary/aromatic N) is 1. The Hall–Kier alpha value is -2.71. The van der Waals surface area contributed by atoms with Crippen LogP contribution >= 0.6 is 11.6 Å². The number of halogens is 1. The maximum absolute atomic E-state index is 13.3. The van der Waals surface area contributed by atoms with Crippen LogP contribution in [0.15, 0.2) is 47.4 Å². The third-order valence-corrected chi connectivity index (χ3v) is 6.59. The lowest BCUT2D eigenvalue weighted by Crippen LogP contribution is -2.47. The van der Waals surface area contributed by atoms with Gasteiger partial charge in [0.05, 0.1) is 23.7 Å². The highest BCUT2D eigenvalue weighted by molar-refractivity contribution is 7.92. The van der Waals surface area contributed by atoms with Crippen molar-refractivity contribution in [1.82, 2.24) is 0 Å². The molecule has 1 aliphatic heterocycles. The summed E-state index contributed by atoms with van der Waals surface area (Å²) in [7, 11) is -4.12. The molecule has 0 N–H and O–H groups in total. The third-order valence-electron chi connectivity index (χ3n) is 4.56. The second-order valence-electron chi connectivity index (χ2n) is 6.51. The maximum Gasteiger partial charge on any atom is 0.375 e. The molecule has 0 saturated carbocycles. The van der Waals surface area contributed by atoms with Crippen LogP contribution in [0.2, 0.25) is 5.02 Å². The Bertz CT molecular complexity index is 1090. The van der Waals surface area contributed by atoms with E-state index in [0.29, 0.717) is 0 Å². The molecule has 0 bridgehead atoms. The fourth-order valence-electron chi connectivity index (χ4n) is 3.07. The topological polar surface area (TPSA) is 97.8 Å². The molecule has 0 radical (unpaired) electrons. The standard InChI is InChI=1S/C20H18ClNO6S/c1-3-28-20(25)19(24)16-11-22(17-10-13(21)6-9-15(17)18(16)23)29(26,27)14-7-4-12(2)5-8-14/h4-10,16H,3,11H2,1-2H3. The molecule has 2 aromatic rings. The smallest absolute Gasteiger partial charge is 0.375 e. The largest absolute Gasteiger partial charge is 0.460 e. The van der Waals surface area contributed by atoms with Crippen LogP contribution in [-0.2, 0) is 24.3 Å². The number of aryl methyl sites for hydroxylation is 1. The normalized spacial score (nSPS) is 16.3. The van der Waals surface area contributed by atoms with Crippen molar-refractivity contribution in [1.29, 1.82) is 0 Å². The number of hydrogen-bond acceptors (Lipinski definition) is 6. The van der Waals surface area contributed by atoms with E-state index in [4.69, 9.17) is 16.3 Å². The summed E-state index contributed by atoms with van der Waals surface area (Å²) >= 11 is 6.02. The number of carbonyl (C=O) groups is 3. The average molecular weight is 436 g/mol. The Morgan fingerprint density at radius 3 is 2.45 bits per heavy atom. The van der Waals surface area contributed by atoms with Gasteiger partial charge < -0.3 is 4.74 Å². The molecular weight excluding hydrogens is 418 g/mol. The Kier molecular flexibility index (Phi) is 5.77. The van der Waals surface area contributed by atoms with Gasteiger partial charge in [-0.1, -0.05) is 29.3 Å². The van der Waals surface area contributed by atoms with E-state index in [2.05, 4.69) is 0 Å². The second kappa shape index (κ2) is 7.96. The number of esters is 1. The second-order valence-corrected chi connectivity index (χ2v) is 8.81. The molecular formula is C20H18ClNO6S. The average Bonchev–Trinajstić information content (AvgIpc) is 2.68. The zero-order valence-electron chi connectivity index (χ0n) is 15.7. The van der Waals surface area contributed by atoms with Crippen molar-refractivity contribution in [2.75, 3.05) is 17.5 Å². The van der Waals surface area contributed by atoms with Crippen LogP contribution in [0.3, 0.4) is 0 Å². The molecule has 1 unspecified atom stereocenters. The molecule has 1 aliphatic rings. The minimum atomic E-state index is -4.12. The molecule has 9 heteroatoms. The number of Topliss-reactive ketones (excluding diaryl/α,β-unsaturated/α-hetero) is 2. The minimum Gasteiger partial charge on any atom is -0.460 e. The summed E-state index contributed by atoms with van der Waals surface area (Å²) in [5.41, 5.74) is 0.937. The first-order valence-corrected chi connectivity index (χ1v) is 10.6. The van der Waals surface area contributed by atoms with Crippen LogP contribution in [0, 0.1) is 12.8 Å². The summed E-state index contributed by atoms with van der Waals surface area (Å²) in [5.74, 6) is -4.40. The monoisotopic (exact) mass is 435 g/mol. The SMILES string of the molecule is CCOC(=O)C(=O)C1CN(S(=O)(=O)c2ccc(C)cc2)c2cc(Cl)ccc2C1=O. The number of anilines is 1. The number of ether oxygens (including phenoxy) is 1. The molecule has 29 heavy (non-hydrogen) atoms. The molecule has 152 valence electrons. The van der Waals surface area contributed by atoms with Crippen LogP contribution in [0.5, 0.6) is 0 Å². The fraction of sp³-hybridized carbons (Fsp3) is 0.250. The van der Waals surface area contributed by atoms with E-state index >= 15 is 0 Å². The molecule has 0 spiro atoms. The van der Waals surface area contributed by atoms with Crippen molar-refractivity contribution in [2.45, 2.75) is 18.7 Å². The first-order valence-electron chi connectivity index (χ1n) is 8.81. The van der Waals surface area contributed by atoms with Gasteiger partial charge in [-0.25, -0.2) is 13.2 Å². The summed E-state index contributed by atoms with van der Waals surface area (Å²) in [6.07, 6.45) is 0. The fourth-order valence-corrected chi connectivity index (χ4v) is 4.72. The summed E-state index contributed by atoms with van der Waals surface area (Å²) < 4.78 is 32.2. The van der Waals surface area contributed by atoms with Crippen molar-refractivity contribution < 1.29 is 27.5 Å². The maximum atomic E-state index is 13.3. The van der Waals surface area contributed by atoms with Gasteiger partial charge in [-0.3, -0.25) is 13.9 Å². The molecule has 0 aromatic heterocycles. The van der Waals surface area contributed by atoms with Gasteiger partial charge in [0.15, 0.2) is 5.78 Å². The summed E-state index contributed by atoms with van der Waals surface area (Å²) in [6, 6.07) is 10.3. The number of sulfonamides is 1. The summed E-state index contributed by atoms with van der Waals surface area (Å²) in [4.78, 5) is 37.2. The van der Waals surface area contributed by atoms with Crippen LogP contribution < -0.4 is 4.31 Å². The zero-order chi connectivity index (χ0) is 21.3. The van der Waals surface area contributed by atoms with Crippen LogP contribution in [0.25, 0.3) is 0 Å².